The monoisotopic (exact) mass is 877 g/mol. The van der Waals surface area contributed by atoms with Crippen LogP contribution in [0.2, 0.25) is 0 Å². The van der Waals surface area contributed by atoms with Crippen LogP contribution in [0.5, 0.6) is 11.5 Å². The summed E-state index contributed by atoms with van der Waals surface area (Å²) < 4.78 is 17.6. The van der Waals surface area contributed by atoms with E-state index in [4.69, 9.17) is 9.47 Å². The highest BCUT2D eigenvalue weighted by Crippen LogP contribution is 2.46. The summed E-state index contributed by atoms with van der Waals surface area (Å²) in [7, 11) is 3.38. The lowest BCUT2D eigenvalue weighted by molar-refractivity contribution is -0.599. The summed E-state index contributed by atoms with van der Waals surface area (Å²) in [5, 5.41) is 9.81. The lowest BCUT2D eigenvalue weighted by atomic mass is 9.91. The van der Waals surface area contributed by atoms with Crippen molar-refractivity contribution < 1.29 is 57.4 Å². The van der Waals surface area contributed by atoms with Gasteiger partial charge in [0.1, 0.15) is 36.7 Å². The van der Waals surface area contributed by atoms with Crippen molar-refractivity contribution in [3.63, 3.8) is 0 Å². The zero-order valence-corrected chi connectivity index (χ0v) is 35.2. The Hall–Kier alpha value is -3.45. The largest absolute Gasteiger partial charge is 1.00 e. The van der Waals surface area contributed by atoms with Crippen molar-refractivity contribution in [2.45, 2.75) is 74.8 Å². The van der Waals surface area contributed by atoms with E-state index in [0.29, 0.717) is 12.1 Å². The van der Waals surface area contributed by atoms with Gasteiger partial charge in [-0.1, -0.05) is 84.9 Å². The summed E-state index contributed by atoms with van der Waals surface area (Å²) in [4.78, 5) is 10.9. The molecule has 6 heterocycles. The number of halogens is 2. The minimum absolute atomic E-state index is 0. The maximum Gasteiger partial charge on any atom is 0.310 e. The highest BCUT2D eigenvalue weighted by atomic mass is 79.9. The second kappa shape index (κ2) is 16.1. The normalized spacial score (nSPS) is 24.8. The van der Waals surface area contributed by atoms with E-state index in [-0.39, 0.29) is 45.4 Å². The Kier molecular flexibility index (Phi) is 11.9. The first-order valence-corrected chi connectivity index (χ1v) is 19.6. The Morgan fingerprint density at radius 3 is 1.40 bits per heavy atom. The fourth-order valence-electron chi connectivity index (χ4n) is 7.78. The fourth-order valence-corrected chi connectivity index (χ4v) is 10.2. The van der Waals surface area contributed by atoms with Crippen LogP contribution in [0.15, 0.2) is 97.1 Å². The molecule has 53 heavy (non-hydrogen) atoms. The quantitative estimate of drug-likeness (QED) is 0.219. The van der Waals surface area contributed by atoms with Gasteiger partial charge in [-0.05, 0) is 57.9 Å². The van der Waals surface area contributed by atoms with E-state index in [1.54, 1.807) is 14.1 Å². The van der Waals surface area contributed by atoms with Gasteiger partial charge in [-0.2, -0.15) is 0 Å². The molecule has 278 valence electrons. The van der Waals surface area contributed by atoms with Gasteiger partial charge in [-0.15, -0.1) is 0 Å². The molecule has 0 spiro atoms. The number of nitrogens with one attached hydrogen (secondary N) is 2. The predicted octanol–water partition coefficient (Wildman–Crippen LogP) is 1.00. The van der Waals surface area contributed by atoms with Gasteiger partial charge in [-0.3, -0.25) is 4.79 Å². The van der Waals surface area contributed by atoms with Crippen LogP contribution < -0.4 is 54.1 Å². The number of hydrogen-bond donors (Lipinski definition) is 2. The third-order valence-corrected chi connectivity index (χ3v) is 12.4. The Balaban J connectivity index is 0.000000156. The smallest absolute Gasteiger partial charge is 0.310 e. The Bertz CT molecular complexity index is 1920. The Morgan fingerprint density at radius 1 is 0.642 bits per heavy atom. The van der Waals surface area contributed by atoms with Gasteiger partial charge in [0, 0.05) is 50.6 Å². The van der Waals surface area contributed by atoms with E-state index >= 15 is 0 Å². The van der Waals surface area contributed by atoms with Crippen molar-refractivity contribution in [1.29, 1.82) is 0 Å². The van der Waals surface area contributed by atoms with Gasteiger partial charge in [0.2, 0.25) is 17.9 Å². The molecule has 12 heteroatoms. The molecule has 4 aromatic rings. The van der Waals surface area contributed by atoms with Crippen LogP contribution >= 0.6 is 23.5 Å². The molecule has 6 aliphatic heterocycles. The molecule has 0 saturated carbocycles. The predicted molar refractivity (Wildman–Crippen MR) is 205 cm³/mol. The van der Waals surface area contributed by atoms with Gasteiger partial charge in [0.05, 0.1) is 12.8 Å². The molecule has 0 saturated heterocycles. The number of fused-ring (bicyclic) bond motifs is 12. The second-order valence-corrected chi connectivity index (χ2v) is 16.4. The number of benzene rings is 4. The van der Waals surface area contributed by atoms with Gasteiger partial charge >= 0.3 is 10.3 Å². The molecule has 0 aliphatic carbocycles. The molecular formula is C41H45Br2N5O3S2. The van der Waals surface area contributed by atoms with Crippen molar-refractivity contribution >= 4 is 40.3 Å². The summed E-state index contributed by atoms with van der Waals surface area (Å²) in [5.41, 5.74) is 7.75. The van der Waals surface area contributed by atoms with Crippen LogP contribution in [0.25, 0.3) is 0 Å². The van der Waals surface area contributed by atoms with Gasteiger partial charge in [0.25, 0.3) is 0 Å². The number of rotatable bonds is 1. The molecule has 1 amide bonds. The number of thioether (sulfide) groups is 2. The first-order valence-electron chi connectivity index (χ1n) is 17.6. The minimum atomic E-state index is -0.311. The zero-order chi connectivity index (χ0) is 35.2. The maximum absolute atomic E-state index is 9.43. The molecule has 8 nitrogen and oxygen atoms in total. The van der Waals surface area contributed by atoms with Crippen LogP contribution in [0, 0.1) is 0 Å². The standard InChI is InChI=1S/2C19H18N2OS.C3H7NO.2BrH/c2*1-19-10-16(15-8-4-5-9-17(15)22-19)21-11-13-6-2-3-7-14(13)12-23-18(21)20-19;1-4(2)3-5;;/h2*2-9,16H,10-12H2,1H3;3H,1-2H3;2*1H/t2*16-,19-;;;/m00.../s1. The number of hydrogen-bond acceptors (Lipinski definition) is 7. The average Bonchev–Trinajstić information content (AvgIpc) is 3.43. The summed E-state index contributed by atoms with van der Waals surface area (Å²) >= 11 is 3.78. The minimum Gasteiger partial charge on any atom is -1.00 e. The SMILES string of the molecule is CN(C)C=O.C[C@@]12C[C@@H](c3ccccc3O1)[N+]1=C(N2)SCc2ccccc2C1.C[C@@]12C[C@@H](c3ccccc3O1)[N+]1=C(N2)SCc2ccccc2C1.[Br-].[Br-]. The third-order valence-electron chi connectivity index (χ3n) is 10.3. The van der Waals surface area contributed by atoms with Crippen molar-refractivity contribution in [3.8, 4) is 11.5 Å². The maximum atomic E-state index is 9.43. The molecule has 10 rings (SSSR count). The lowest BCUT2D eigenvalue weighted by Crippen LogP contribution is -3.00. The van der Waals surface area contributed by atoms with Crippen molar-refractivity contribution in [1.82, 2.24) is 15.5 Å². The number of ether oxygens (including phenoxy) is 2. The number of nitrogens with zero attached hydrogens (tertiary/aromatic N) is 3. The molecule has 4 bridgehead atoms. The van der Waals surface area contributed by atoms with Crippen LogP contribution in [0.1, 0.15) is 72.2 Å². The van der Waals surface area contributed by atoms with Crippen LogP contribution in [0.3, 0.4) is 0 Å². The fraction of sp³-hybridized carbons (Fsp3) is 0.341. The molecule has 4 aromatic carbocycles. The molecule has 2 N–H and O–H groups in total. The van der Waals surface area contributed by atoms with Gasteiger partial charge in [-0.25, -0.2) is 19.8 Å². The number of para-hydroxylation sites is 2. The van der Waals surface area contributed by atoms with E-state index in [9.17, 15) is 4.79 Å². The molecule has 0 unspecified atom stereocenters. The van der Waals surface area contributed by atoms with Crippen molar-refractivity contribution in [2.75, 3.05) is 14.1 Å². The summed E-state index contributed by atoms with van der Waals surface area (Å²) in [6.07, 6.45) is 2.69. The summed E-state index contributed by atoms with van der Waals surface area (Å²) in [6.45, 7) is 6.25. The van der Waals surface area contributed by atoms with E-state index in [1.807, 2.05) is 23.5 Å². The number of amides is 1. The topological polar surface area (TPSA) is 68.8 Å². The molecule has 4 atom stereocenters. The Morgan fingerprint density at radius 2 is 1.00 bits per heavy atom. The highest BCUT2D eigenvalue weighted by molar-refractivity contribution is 8.13. The van der Waals surface area contributed by atoms with Crippen LogP contribution in [-0.2, 0) is 29.4 Å². The Labute approximate surface area is 342 Å². The number of carbonyl (C=O) groups is 1. The highest BCUT2D eigenvalue weighted by Gasteiger charge is 2.51. The molecule has 0 fully saturated rings. The second-order valence-electron chi connectivity index (χ2n) is 14.5. The van der Waals surface area contributed by atoms with Crippen molar-refractivity contribution in [2.24, 2.45) is 0 Å². The summed E-state index contributed by atoms with van der Waals surface area (Å²) in [6, 6.07) is 35.3. The van der Waals surface area contributed by atoms with E-state index in [1.165, 1.54) is 48.6 Å². The first-order chi connectivity index (χ1) is 24.7. The van der Waals surface area contributed by atoms with Crippen molar-refractivity contribution in [3.05, 3.63) is 130 Å². The number of carbonyl (C=O) groups excluding carboxylic acids is 1. The molecule has 0 radical (unpaired) electrons. The molecule has 0 aromatic heterocycles. The van der Waals surface area contributed by atoms with Gasteiger partial charge in [0.15, 0.2) is 0 Å². The van der Waals surface area contributed by atoms with Crippen LogP contribution in [0.4, 0.5) is 0 Å². The van der Waals surface area contributed by atoms with E-state index in [0.717, 1.165) is 55.3 Å². The molecular weight excluding hydrogens is 834 g/mol. The number of amidine groups is 2. The molecule has 6 aliphatic rings. The first kappa shape index (κ1) is 39.2. The van der Waals surface area contributed by atoms with Crippen LogP contribution in [-0.4, -0.2) is 56.3 Å². The lowest BCUT2D eigenvalue weighted by Gasteiger charge is -2.41. The van der Waals surface area contributed by atoms with E-state index in [2.05, 4.69) is 131 Å². The summed E-state index contributed by atoms with van der Waals surface area (Å²) in [5.74, 6) is 4.06. The van der Waals surface area contributed by atoms with Gasteiger partial charge < -0.3 is 48.3 Å². The third kappa shape index (κ3) is 8.02. The average molecular weight is 880 g/mol. The zero-order valence-electron chi connectivity index (χ0n) is 30.4. The van der Waals surface area contributed by atoms with E-state index < -0.39 is 0 Å².